The predicted octanol–water partition coefficient (Wildman–Crippen LogP) is 3.05. The summed E-state index contributed by atoms with van der Waals surface area (Å²) in [6.07, 6.45) is 4.77. The molecular formula is C15H22N2O3. The largest absolute Gasteiger partial charge is 0.493 e. The van der Waals surface area contributed by atoms with Crippen LogP contribution in [0.15, 0.2) is 18.2 Å². The lowest BCUT2D eigenvalue weighted by atomic mass is 9.80. The lowest BCUT2D eigenvalue weighted by Crippen LogP contribution is -2.30. The quantitative estimate of drug-likeness (QED) is 0.663. The first-order chi connectivity index (χ1) is 9.61. The van der Waals surface area contributed by atoms with Gasteiger partial charge in [0.15, 0.2) is 0 Å². The highest BCUT2D eigenvalue weighted by molar-refractivity contribution is 5.45. The normalized spacial score (nSPS) is 22.5. The number of aryl methyl sites for hydroxylation is 1. The molecule has 5 heteroatoms. The van der Waals surface area contributed by atoms with E-state index in [4.69, 9.17) is 10.5 Å². The number of hydrogen-bond donors (Lipinski definition) is 1. The fourth-order valence-electron chi connectivity index (χ4n) is 2.89. The highest BCUT2D eigenvalue weighted by Gasteiger charge is 2.24. The maximum atomic E-state index is 10.9. The summed E-state index contributed by atoms with van der Waals surface area (Å²) in [7, 11) is 0. The topological polar surface area (TPSA) is 78.4 Å². The Balaban J connectivity index is 1.99. The zero-order valence-electron chi connectivity index (χ0n) is 11.9. The third kappa shape index (κ3) is 3.48. The van der Waals surface area contributed by atoms with Gasteiger partial charge in [0, 0.05) is 5.56 Å². The fraction of sp³-hybridized carbons (Fsp3) is 0.600. The highest BCUT2D eigenvalue weighted by Crippen LogP contribution is 2.31. The van der Waals surface area contributed by atoms with Crippen LogP contribution in [0.1, 0.15) is 31.2 Å². The summed E-state index contributed by atoms with van der Waals surface area (Å²) in [5.41, 5.74) is 6.57. The number of nitro groups is 1. The van der Waals surface area contributed by atoms with Gasteiger partial charge in [0.05, 0.1) is 17.6 Å². The molecule has 0 heterocycles. The van der Waals surface area contributed by atoms with Crippen molar-refractivity contribution in [1.82, 2.24) is 0 Å². The van der Waals surface area contributed by atoms with Gasteiger partial charge in [0.25, 0.3) is 5.69 Å². The monoisotopic (exact) mass is 278 g/mol. The Morgan fingerprint density at radius 3 is 2.70 bits per heavy atom. The lowest BCUT2D eigenvalue weighted by Gasteiger charge is -2.30. The van der Waals surface area contributed by atoms with Crippen LogP contribution in [0, 0.1) is 28.9 Å². The van der Waals surface area contributed by atoms with E-state index in [1.54, 1.807) is 19.1 Å². The summed E-state index contributed by atoms with van der Waals surface area (Å²) in [6, 6.07) is 5.03. The van der Waals surface area contributed by atoms with E-state index in [1.807, 2.05) is 0 Å². The van der Waals surface area contributed by atoms with Crippen molar-refractivity contribution >= 4 is 5.69 Å². The second kappa shape index (κ2) is 6.70. The van der Waals surface area contributed by atoms with Crippen LogP contribution in [0.3, 0.4) is 0 Å². The van der Waals surface area contributed by atoms with Crippen molar-refractivity contribution in [2.45, 2.75) is 32.6 Å². The molecular weight excluding hydrogens is 256 g/mol. The van der Waals surface area contributed by atoms with Crippen LogP contribution >= 0.6 is 0 Å². The van der Waals surface area contributed by atoms with Gasteiger partial charge in [-0.25, -0.2) is 0 Å². The van der Waals surface area contributed by atoms with Crippen molar-refractivity contribution in [3.05, 3.63) is 33.9 Å². The van der Waals surface area contributed by atoms with Gasteiger partial charge >= 0.3 is 0 Å². The number of hydrogen-bond acceptors (Lipinski definition) is 4. The van der Waals surface area contributed by atoms with Gasteiger partial charge in [-0.2, -0.15) is 0 Å². The summed E-state index contributed by atoms with van der Waals surface area (Å²) in [6.45, 7) is 3.03. The number of nitrogens with two attached hydrogens (primary N) is 1. The molecule has 5 nitrogen and oxygen atoms in total. The fourth-order valence-corrected chi connectivity index (χ4v) is 2.89. The molecule has 2 atom stereocenters. The third-order valence-corrected chi connectivity index (χ3v) is 4.21. The van der Waals surface area contributed by atoms with Gasteiger partial charge < -0.3 is 10.5 Å². The predicted molar refractivity (Wildman–Crippen MR) is 77.8 cm³/mol. The first-order valence-electron chi connectivity index (χ1n) is 7.19. The first kappa shape index (κ1) is 14.8. The molecule has 0 spiro atoms. The maximum Gasteiger partial charge on any atom is 0.275 e. The molecule has 0 amide bonds. The Hall–Kier alpha value is -1.62. The summed E-state index contributed by atoms with van der Waals surface area (Å²) >= 11 is 0. The molecule has 110 valence electrons. The van der Waals surface area contributed by atoms with E-state index >= 15 is 0 Å². The van der Waals surface area contributed by atoms with Gasteiger partial charge in [-0.1, -0.05) is 12.8 Å². The minimum absolute atomic E-state index is 0.113. The van der Waals surface area contributed by atoms with Crippen molar-refractivity contribution in [3.63, 3.8) is 0 Å². The number of benzene rings is 1. The highest BCUT2D eigenvalue weighted by atomic mass is 16.6. The summed E-state index contributed by atoms with van der Waals surface area (Å²) in [5.74, 6) is 1.56. The molecule has 2 rings (SSSR count). The lowest BCUT2D eigenvalue weighted by molar-refractivity contribution is -0.385. The van der Waals surface area contributed by atoms with Gasteiger partial charge in [0.2, 0.25) is 0 Å². The average Bonchev–Trinajstić information content (AvgIpc) is 2.46. The molecule has 1 fully saturated rings. The molecule has 0 saturated heterocycles. The Labute approximate surface area is 119 Å². The Kier molecular flexibility index (Phi) is 4.95. The van der Waals surface area contributed by atoms with E-state index in [0.29, 0.717) is 36.3 Å². The van der Waals surface area contributed by atoms with Crippen molar-refractivity contribution < 1.29 is 9.66 Å². The van der Waals surface area contributed by atoms with Crippen molar-refractivity contribution in [3.8, 4) is 5.75 Å². The SMILES string of the molecule is Cc1ccc(OCC2CCCCC2CN)cc1[N+](=O)[O-]. The molecule has 1 saturated carbocycles. The Bertz CT molecular complexity index is 476. The van der Waals surface area contributed by atoms with Gasteiger partial charge in [-0.15, -0.1) is 0 Å². The van der Waals surface area contributed by atoms with E-state index < -0.39 is 0 Å². The first-order valence-corrected chi connectivity index (χ1v) is 7.19. The Morgan fingerprint density at radius 2 is 2.05 bits per heavy atom. The number of nitro benzene ring substituents is 1. The Morgan fingerprint density at radius 1 is 1.35 bits per heavy atom. The molecule has 1 aliphatic rings. The second-order valence-electron chi connectivity index (χ2n) is 5.56. The van der Waals surface area contributed by atoms with E-state index in [9.17, 15) is 10.1 Å². The van der Waals surface area contributed by atoms with Crippen LogP contribution in [0.25, 0.3) is 0 Å². The third-order valence-electron chi connectivity index (χ3n) is 4.21. The smallest absolute Gasteiger partial charge is 0.275 e. The minimum atomic E-state index is -0.370. The van der Waals surface area contributed by atoms with Crippen LogP contribution in [0.5, 0.6) is 5.75 Å². The van der Waals surface area contributed by atoms with Crippen LogP contribution in [0.4, 0.5) is 5.69 Å². The molecule has 0 bridgehead atoms. The van der Waals surface area contributed by atoms with Gasteiger partial charge in [-0.3, -0.25) is 10.1 Å². The van der Waals surface area contributed by atoms with Crippen molar-refractivity contribution in [1.29, 1.82) is 0 Å². The molecule has 1 aliphatic carbocycles. The number of nitrogens with zero attached hydrogens (tertiary/aromatic N) is 1. The van der Waals surface area contributed by atoms with E-state index in [0.717, 1.165) is 6.42 Å². The summed E-state index contributed by atoms with van der Waals surface area (Å²) < 4.78 is 5.76. The van der Waals surface area contributed by atoms with Gasteiger partial charge in [-0.05, 0) is 50.3 Å². The molecule has 0 radical (unpaired) electrons. The number of rotatable bonds is 5. The molecule has 2 unspecified atom stereocenters. The van der Waals surface area contributed by atoms with E-state index in [-0.39, 0.29) is 10.6 Å². The van der Waals surface area contributed by atoms with Crippen LogP contribution < -0.4 is 10.5 Å². The summed E-state index contributed by atoms with van der Waals surface area (Å²) in [4.78, 5) is 10.5. The molecule has 20 heavy (non-hydrogen) atoms. The van der Waals surface area contributed by atoms with Gasteiger partial charge in [0.1, 0.15) is 5.75 Å². The molecule has 2 N–H and O–H groups in total. The van der Waals surface area contributed by atoms with Crippen molar-refractivity contribution in [2.75, 3.05) is 13.2 Å². The van der Waals surface area contributed by atoms with E-state index in [2.05, 4.69) is 0 Å². The minimum Gasteiger partial charge on any atom is -0.493 e. The number of ether oxygens (including phenoxy) is 1. The van der Waals surface area contributed by atoms with Crippen LogP contribution in [0.2, 0.25) is 0 Å². The molecule has 1 aromatic carbocycles. The van der Waals surface area contributed by atoms with E-state index in [1.165, 1.54) is 25.3 Å². The maximum absolute atomic E-state index is 10.9. The second-order valence-corrected chi connectivity index (χ2v) is 5.56. The zero-order chi connectivity index (χ0) is 14.5. The summed E-state index contributed by atoms with van der Waals surface area (Å²) in [5, 5.41) is 10.9. The molecule has 1 aromatic rings. The molecule has 0 aromatic heterocycles. The van der Waals surface area contributed by atoms with Crippen LogP contribution in [-0.2, 0) is 0 Å². The van der Waals surface area contributed by atoms with Crippen molar-refractivity contribution in [2.24, 2.45) is 17.6 Å². The average molecular weight is 278 g/mol. The zero-order valence-corrected chi connectivity index (χ0v) is 11.9. The van der Waals surface area contributed by atoms with Crippen LogP contribution in [-0.4, -0.2) is 18.1 Å². The molecule has 0 aliphatic heterocycles. The standard InChI is InChI=1S/C15H22N2O3/c1-11-6-7-14(8-15(11)17(18)19)20-10-13-5-3-2-4-12(13)9-16/h6-8,12-13H,2-5,9-10,16H2,1H3.